The molecule has 0 aromatic carbocycles. The van der Waals surface area contributed by atoms with Crippen LogP contribution in [0.4, 0.5) is 0 Å². The van der Waals surface area contributed by atoms with Gasteiger partial charge in [-0.1, -0.05) is 0 Å². The van der Waals surface area contributed by atoms with Crippen molar-refractivity contribution in [3.63, 3.8) is 0 Å². The first-order valence-corrected chi connectivity index (χ1v) is 9.44. The molecular weight excluding hydrogens is 382 g/mol. The minimum absolute atomic E-state index is 0.135. The van der Waals surface area contributed by atoms with E-state index in [1.165, 1.54) is 0 Å². The summed E-state index contributed by atoms with van der Waals surface area (Å²) in [7, 11) is 5.00. The van der Waals surface area contributed by atoms with E-state index < -0.39 is 0 Å². The Labute approximate surface area is 174 Å². The molecule has 2 N–H and O–H groups in total. The molecule has 4 rings (SSSR count). The number of rotatable bonds is 6. The second-order valence-corrected chi connectivity index (χ2v) is 6.92. The molecule has 0 atom stereocenters. The van der Waals surface area contributed by atoms with Gasteiger partial charge in [0.15, 0.2) is 5.75 Å². The van der Waals surface area contributed by atoms with Crippen LogP contribution in [0.2, 0.25) is 0 Å². The number of nitrogens with zero attached hydrogens (tertiary/aromatic N) is 4. The maximum atomic E-state index is 10.9. The van der Waals surface area contributed by atoms with E-state index in [4.69, 9.17) is 14.5 Å². The normalized spacial score (nSPS) is 11.1. The summed E-state index contributed by atoms with van der Waals surface area (Å²) in [5.74, 6) is 1.08. The summed E-state index contributed by atoms with van der Waals surface area (Å²) < 4.78 is 12.3. The van der Waals surface area contributed by atoms with Gasteiger partial charge in [-0.3, -0.25) is 9.55 Å². The van der Waals surface area contributed by atoms with Crippen LogP contribution < -0.4 is 14.8 Å². The molecule has 8 heteroatoms. The number of aryl methyl sites for hydroxylation is 1. The van der Waals surface area contributed by atoms with E-state index in [0.717, 1.165) is 28.1 Å². The van der Waals surface area contributed by atoms with Crippen molar-refractivity contribution in [1.82, 2.24) is 24.8 Å². The number of aromatic hydroxyl groups is 1. The fraction of sp³-hybridized carbons (Fsp3) is 0.227. The molecule has 4 aromatic heterocycles. The van der Waals surface area contributed by atoms with Crippen LogP contribution in [-0.4, -0.2) is 45.9 Å². The van der Waals surface area contributed by atoms with Gasteiger partial charge < -0.3 is 19.9 Å². The fourth-order valence-electron chi connectivity index (χ4n) is 3.51. The summed E-state index contributed by atoms with van der Waals surface area (Å²) >= 11 is 0. The highest BCUT2D eigenvalue weighted by molar-refractivity contribution is 5.90. The van der Waals surface area contributed by atoms with Gasteiger partial charge in [0, 0.05) is 30.7 Å². The molecular formula is C22H23N5O3. The molecule has 0 fully saturated rings. The third-order valence-corrected chi connectivity index (χ3v) is 4.91. The van der Waals surface area contributed by atoms with Crippen LogP contribution in [0.5, 0.6) is 17.5 Å². The Hall–Kier alpha value is -3.65. The minimum atomic E-state index is 0.135. The number of ether oxygens (including phenoxy) is 2. The lowest BCUT2D eigenvalue weighted by Gasteiger charge is -2.09. The number of nitrogens with one attached hydrogen (secondary N) is 1. The number of methoxy groups -OCH3 is 2. The van der Waals surface area contributed by atoms with E-state index in [0.29, 0.717) is 29.1 Å². The van der Waals surface area contributed by atoms with Crippen molar-refractivity contribution < 1.29 is 14.6 Å². The molecule has 0 saturated heterocycles. The zero-order chi connectivity index (χ0) is 21.3. The standard InChI is InChI=1S/C22H23N5O3/c1-13-5-17(15-7-19(29-3)21(30-4)25-10-15)26-18-12-27(22(28)20(13)18)16-6-14(8-23-2)9-24-11-16/h5-7,9-12,23,28H,8H2,1-4H3. The molecule has 4 heterocycles. The maximum absolute atomic E-state index is 10.9. The lowest BCUT2D eigenvalue weighted by Crippen LogP contribution is -2.06. The maximum Gasteiger partial charge on any atom is 0.256 e. The Morgan fingerprint density at radius 1 is 1.10 bits per heavy atom. The van der Waals surface area contributed by atoms with Crippen LogP contribution in [0.25, 0.3) is 27.8 Å². The van der Waals surface area contributed by atoms with Crippen molar-refractivity contribution in [1.29, 1.82) is 0 Å². The topological polar surface area (TPSA) is 94.3 Å². The number of hydrogen-bond donors (Lipinski definition) is 2. The van der Waals surface area contributed by atoms with Crippen LogP contribution in [0.3, 0.4) is 0 Å². The SMILES string of the molecule is CNCc1cncc(-n2cc3nc(-c4cnc(OC)c(OC)c4)cc(C)c3c2O)c1. The van der Waals surface area contributed by atoms with Gasteiger partial charge in [0.25, 0.3) is 5.88 Å². The van der Waals surface area contributed by atoms with Crippen LogP contribution in [-0.2, 0) is 6.54 Å². The highest BCUT2D eigenvalue weighted by Gasteiger charge is 2.17. The van der Waals surface area contributed by atoms with E-state index in [1.54, 1.807) is 37.4 Å². The van der Waals surface area contributed by atoms with Gasteiger partial charge in [-0.05, 0) is 43.3 Å². The predicted molar refractivity (Wildman–Crippen MR) is 114 cm³/mol. The van der Waals surface area contributed by atoms with Crippen molar-refractivity contribution in [3.8, 4) is 34.5 Å². The largest absolute Gasteiger partial charge is 0.494 e. The van der Waals surface area contributed by atoms with Gasteiger partial charge in [-0.2, -0.15) is 0 Å². The molecule has 154 valence electrons. The molecule has 4 aromatic rings. The summed E-state index contributed by atoms with van der Waals surface area (Å²) in [6, 6.07) is 5.74. The van der Waals surface area contributed by atoms with Gasteiger partial charge >= 0.3 is 0 Å². The van der Waals surface area contributed by atoms with Gasteiger partial charge in [-0.25, -0.2) is 9.97 Å². The predicted octanol–water partition coefficient (Wildman–Crippen LogP) is 3.23. The van der Waals surface area contributed by atoms with Crippen molar-refractivity contribution in [2.45, 2.75) is 13.5 Å². The van der Waals surface area contributed by atoms with Crippen molar-refractivity contribution in [2.75, 3.05) is 21.3 Å². The third kappa shape index (κ3) is 3.42. The number of fused-ring (bicyclic) bond motifs is 1. The van der Waals surface area contributed by atoms with Crippen molar-refractivity contribution in [3.05, 3.63) is 54.1 Å². The zero-order valence-electron chi connectivity index (χ0n) is 17.3. The number of pyridine rings is 3. The highest BCUT2D eigenvalue weighted by atomic mass is 16.5. The van der Waals surface area contributed by atoms with Gasteiger partial charge in [0.2, 0.25) is 5.88 Å². The van der Waals surface area contributed by atoms with E-state index in [1.807, 2.05) is 38.4 Å². The van der Waals surface area contributed by atoms with Gasteiger partial charge in [0.05, 0.1) is 42.7 Å². The van der Waals surface area contributed by atoms with E-state index in [2.05, 4.69) is 15.3 Å². The quantitative estimate of drug-likeness (QED) is 0.509. The third-order valence-electron chi connectivity index (χ3n) is 4.91. The summed E-state index contributed by atoms with van der Waals surface area (Å²) in [6.07, 6.45) is 7.02. The van der Waals surface area contributed by atoms with Crippen LogP contribution >= 0.6 is 0 Å². The molecule has 0 aliphatic carbocycles. The Kier molecular flexibility index (Phi) is 5.24. The minimum Gasteiger partial charge on any atom is -0.494 e. The monoisotopic (exact) mass is 405 g/mol. The van der Waals surface area contributed by atoms with Crippen molar-refractivity contribution in [2.24, 2.45) is 0 Å². The van der Waals surface area contributed by atoms with Crippen LogP contribution in [0.1, 0.15) is 11.1 Å². The molecule has 0 unspecified atom stereocenters. The summed E-state index contributed by atoms with van der Waals surface area (Å²) in [4.78, 5) is 13.3. The Morgan fingerprint density at radius 3 is 2.67 bits per heavy atom. The first kappa shape index (κ1) is 19.7. The first-order chi connectivity index (χ1) is 14.5. The van der Waals surface area contributed by atoms with E-state index in [-0.39, 0.29) is 5.88 Å². The molecule has 0 aliphatic rings. The number of aromatic nitrogens is 4. The average Bonchev–Trinajstić information content (AvgIpc) is 3.10. The molecule has 0 spiro atoms. The van der Waals surface area contributed by atoms with Crippen LogP contribution in [0.15, 0.2) is 43.0 Å². The summed E-state index contributed by atoms with van der Waals surface area (Å²) in [6.45, 7) is 2.64. The number of hydrogen-bond acceptors (Lipinski definition) is 7. The second-order valence-electron chi connectivity index (χ2n) is 6.92. The molecule has 0 radical (unpaired) electrons. The van der Waals surface area contributed by atoms with E-state index >= 15 is 0 Å². The molecule has 0 bridgehead atoms. The van der Waals surface area contributed by atoms with Crippen LogP contribution in [0, 0.1) is 6.92 Å². The van der Waals surface area contributed by atoms with Gasteiger partial charge in [-0.15, -0.1) is 0 Å². The molecule has 0 aliphatic heterocycles. The Morgan fingerprint density at radius 2 is 1.93 bits per heavy atom. The zero-order valence-corrected chi connectivity index (χ0v) is 17.3. The molecule has 8 nitrogen and oxygen atoms in total. The molecule has 0 saturated carbocycles. The lowest BCUT2D eigenvalue weighted by molar-refractivity contribution is 0.343. The summed E-state index contributed by atoms with van der Waals surface area (Å²) in [5, 5.41) is 14.7. The molecule has 30 heavy (non-hydrogen) atoms. The Bertz CT molecular complexity index is 1220. The van der Waals surface area contributed by atoms with Crippen molar-refractivity contribution >= 4 is 10.9 Å². The average molecular weight is 405 g/mol. The first-order valence-electron chi connectivity index (χ1n) is 9.44. The Balaban J connectivity index is 1.83. The lowest BCUT2D eigenvalue weighted by atomic mass is 10.1. The van der Waals surface area contributed by atoms with Gasteiger partial charge in [0.1, 0.15) is 0 Å². The highest BCUT2D eigenvalue weighted by Crippen LogP contribution is 2.35. The smallest absolute Gasteiger partial charge is 0.256 e. The molecule has 0 amide bonds. The fourth-order valence-corrected chi connectivity index (χ4v) is 3.51. The van der Waals surface area contributed by atoms with E-state index in [9.17, 15) is 5.11 Å². The second kappa shape index (κ2) is 8.00. The summed E-state index contributed by atoms with van der Waals surface area (Å²) in [5.41, 5.74) is 4.90.